The molecule has 4 rings (SSSR count). The smallest absolute Gasteiger partial charge is 0.243 e. The van der Waals surface area contributed by atoms with E-state index in [0.717, 1.165) is 36.4 Å². The average Bonchev–Trinajstić information content (AvgIpc) is 3.39. The topological polar surface area (TPSA) is 50.2 Å². The molecule has 1 fully saturated rings. The number of rotatable bonds is 6. The monoisotopic (exact) mass is 376 g/mol. The Kier molecular flexibility index (Phi) is 5.33. The molecule has 0 aliphatic carbocycles. The maximum Gasteiger partial charge on any atom is 0.243 e. The third-order valence-electron chi connectivity index (χ3n) is 5.64. The Morgan fingerprint density at radius 1 is 1.11 bits per heavy atom. The number of carbonyl (C=O) groups excluding carboxylic acids is 1. The number of aryl methyl sites for hydroxylation is 1. The summed E-state index contributed by atoms with van der Waals surface area (Å²) >= 11 is 0. The zero-order valence-corrected chi connectivity index (χ0v) is 16.7. The molecule has 1 saturated heterocycles. The molecule has 0 saturated carbocycles. The van der Waals surface area contributed by atoms with Gasteiger partial charge in [0.2, 0.25) is 5.91 Å². The summed E-state index contributed by atoms with van der Waals surface area (Å²) < 4.78 is 2.07. The Hall–Kier alpha value is -2.82. The fourth-order valence-corrected chi connectivity index (χ4v) is 4.15. The van der Waals surface area contributed by atoms with Crippen LogP contribution in [0.15, 0.2) is 48.5 Å². The summed E-state index contributed by atoms with van der Waals surface area (Å²) in [6.07, 6.45) is 3.28. The highest BCUT2D eigenvalue weighted by Gasteiger charge is 2.21. The van der Waals surface area contributed by atoms with Crippen LogP contribution < -0.4 is 10.2 Å². The van der Waals surface area contributed by atoms with Gasteiger partial charge in [-0.25, -0.2) is 4.98 Å². The predicted octanol–water partition coefficient (Wildman–Crippen LogP) is 4.08. The molecule has 28 heavy (non-hydrogen) atoms. The van der Waals surface area contributed by atoms with Crippen LogP contribution in [0.3, 0.4) is 0 Å². The first-order valence-corrected chi connectivity index (χ1v) is 10.3. The minimum Gasteiger partial charge on any atom is -0.371 e. The number of nitrogens with zero attached hydrogens (tertiary/aromatic N) is 3. The molecule has 0 spiro atoms. The van der Waals surface area contributed by atoms with Gasteiger partial charge in [-0.05, 0) is 43.5 Å². The van der Waals surface area contributed by atoms with Crippen molar-refractivity contribution in [1.82, 2.24) is 14.9 Å². The fraction of sp³-hybridized carbons (Fsp3) is 0.391. The van der Waals surface area contributed by atoms with Crippen molar-refractivity contribution in [1.29, 1.82) is 0 Å². The van der Waals surface area contributed by atoms with Crippen molar-refractivity contribution in [2.45, 2.75) is 45.7 Å². The van der Waals surface area contributed by atoms with Gasteiger partial charge < -0.3 is 14.8 Å². The SMILES string of the molecule is CCc1nc2ccccc2n1[C@H](C)C(=O)NCc1ccccc1N1CCCC1. The summed E-state index contributed by atoms with van der Waals surface area (Å²) in [6, 6.07) is 16.1. The molecule has 1 atom stereocenters. The van der Waals surface area contributed by atoms with Crippen LogP contribution in [0.2, 0.25) is 0 Å². The van der Waals surface area contributed by atoms with Crippen LogP contribution in [0.5, 0.6) is 0 Å². The van der Waals surface area contributed by atoms with Gasteiger partial charge in [-0.1, -0.05) is 37.3 Å². The summed E-state index contributed by atoms with van der Waals surface area (Å²) in [5.41, 5.74) is 4.38. The lowest BCUT2D eigenvalue weighted by atomic mass is 10.1. The summed E-state index contributed by atoms with van der Waals surface area (Å²) in [5.74, 6) is 0.968. The highest BCUT2D eigenvalue weighted by atomic mass is 16.2. The molecule has 1 aromatic heterocycles. The second-order valence-electron chi connectivity index (χ2n) is 7.46. The number of imidazole rings is 1. The summed E-state index contributed by atoms with van der Waals surface area (Å²) in [4.78, 5) is 20.1. The number of fused-ring (bicyclic) bond motifs is 1. The van der Waals surface area contributed by atoms with Gasteiger partial charge in [0.25, 0.3) is 0 Å². The van der Waals surface area contributed by atoms with Crippen LogP contribution in [0.25, 0.3) is 11.0 Å². The number of para-hydroxylation sites is 3. The molecule has 0 radical (unpaired) electrons. The van der Waals surface area contributed by atoms with E-state index in [1.54, 1.807) is 0 Å². The van der Waals surface area contributed by atoms with Crippen molar-refractivity contribution in [2.75, 3.05) is 18.0 Å². The van der Waals surface area contributed by atoms with Crippen molar-refractivity contribution >= 4 is 22.6 Å². The van der Waals surface area contributed by atoms with Crippen LogP contribution >= 0.6 is 0 Å². The van der Waals surface area contributed by atoms with E-state index >= 15 is 0 Å². The summed E-state index contributed by atoms with van der Waals surface area (Å²) in [7, 11) is 0. The maximum atomic E-state index is 13.0. The minimum absolute atomic E-state index is 0.0223. The zero-order chi connectivity index (χ0) is 19.5. The van der Waals surface area contributed by atoms with E-state index in [2.05, 4.69) is 39.9 Å². The number of carbonyl (C=O) groups is 1. The Balaban J connectivity index is 1.52. The van der Waals surface area contributed by atoms with Crippen LogP contribution in [0, 0.1) is 0 Å². The Labute approximate surface area is 166 Å². The predicted molar refractivity (Wildman–Crippen MR) is 114 cm³/mol. The van der Waals surface area contributed by atoms with Crippen LogP contribution in [0.1, 0.15) is 44.1 Å². The van der Waals surface area contributed by atoms with Gasteiger partial charge in [0, 0.05) is 31.7 Å². The molecule has 146 valence electrons. The van der Waals surface area contributed by atoms with E-state index in [4.69, 9.17) is 4.98 Å². The van der Waals surface area contributed by atoms with E-state index in [0.29, 0.717) is 6.54 Å². The van der Waals surface area contributed by atoms with E-state index in [9.17, 15) is 4.79 Å². The largest absolute Gasteiger partial charge is 0.371 e. The molecule has 2 heterocycles. The lowest BCUT2D eigenvalue weighted by Crippen LogP contribution is -2.32. The third-order valence-corrected chi connectivity index (χ3v) is 5.64. The molecular formula is C23H28N4O. The molecule has 3 aromatic rings. The quantitative estimate of drug-likeness (QED) is 0.705. The van der Waals surface area contributed by atoms with E-state index < -0.39 is 0 Å². The number of aromatic nitrogens is 2. The van der Waals surface area contributed by atoms with Crippen molar-refractivity contribution < 1.29 is 4.79 Å². The summed E-state index contributed by atoms with van der Waals surface area (Å²) in [5, 5.41) is 3.15. The molecule has 5 heteroatoms. The molecule has 5 nitrogen and oxygen atoms in total. The van der Waals surface area contributed by atoms with Crippen molar-refractivity contribution in [3.05, 3.63) is 59.9 Å². The number of amides is 1. The fourth-order valence-electron chi connectivity index (χ4n) is 4.15. The first kappa shape index (κ1) is 18.5. The van der Waals surface area contributed by atoms with Gasteiger partial charge in [-0.2, -0.15) is 0 Å². The number of hydrogen-bond acceptors (Lipinski definition) is 3. The molecule has 0 unspecified atom stereocenters. The average molecular weight is 377 g/mol. The Morgan fingerprint density at radius 2 is 1.82 bits per heavy atom. The lowest BCUT2D eigenvalue weighted by Gasteiger charge is -2.22. The van der Waals surface area contributed by atoms with Gasteiger partial charge in [-0.15, -0.1) is 0 Å². The standard InChI is InChI=1S/C23H28N4O/c1-3-22-25-19-11-5-7-13-21(19)27(22)17(2)23(28)24-16-18-10-4-6-12-20(18)26-14-8-9-15-26/h4-7,10-13,17H,3,8-9,14-16H2,1-2H3,(H,24,28)/t17-/m1/s1. The van der Waals surface area contributed by atoms with E-state index in [-0.39, 0.29) is 11.9 Å². The van der Waals surface area contributed by atoms with Crippen molar-refractivity contribution in [3.8, 4) is 0 Å². The Bertz CT molecular complexity index is 972. The summed E-state index contributed by atoms with van der Waals surface area (Å²) in [6.45, 7) is 6.78. The first-order valence-electron chi connectivity index (χ1n) is 10.3. The van der Waals surface area contributed by atoms with Crippen LogP contribution in [-0.4, -0.2) is 28.5 Å². The van der Waals surface area contributed by atoms with E-state index in [1.807, 2.05) is 37.3 Å². The van der Waals surface area contributed by atoms with Crippen molar-refractivity contribution in [2.24, 2.45) is 0 Å². The zero-order valence-electron chi connectivity index (χ0n) is 16.7. The molecular weight excluding hydrogens is 348 g/mol. The highest BCUT2D eigenvalue weighted by molar-refractivity contribution is 5.84. The number of benzene rings is 2. The molecule has 1 aliphatic rings. The van der Waals surface area contributed by atoms with Gasteiger partial charge >= 0.3 is 0 Å². The molecule has 1 aliphatic heterocycles. The molecule has 0 bridgehead atoms. The van der Waals surface area contributed by atoms with Crippen LogP contribution in [-0.2, 0) is 17.8 Å². The second-order valence-corrected chi connectivity index (χ2v) is 7.46. The number of hydrogen-bond donors (Lipinski definition) is 1. The maximum absolute atomic E-state index is 13.0. The molecule has 1 amide bonds. The number of anilines is 1. The highest BCUT2D eigenvalue weighted by Crippen LogP contribution is 2.25. The third kappa shape index (κ3) is 3.49. The Morgan fingerprint density at radius 3 is 2.61 bits per heavy atom. The van der Waals surface area contributed by atoms with Gasteiger partial charge in [0.15, 0.2) is 0 Å². The molecule has 2 aromatic carbocycles. The van der Waals surface area contributed by atoms with Crippen molar-refractivity contribution in [3.63, 3.8) is 0 Å². The van der Waals surface area contributed by atoms with E-state index in [1.165, 1.54) is 24.1 Å². The van der Waals surface area contributed by atoms with Gasteiger partial charge in [-0.3, -0.25) is 4.79 Å². The molecule has 1 N–H and O–H groups in total. The normalized spacial score (nSPS) is 15.1. The second kappa shape index (κ2) is 8.05. The minimum atomic E-state index is -0.304. The number of nitrogens with one attached hydrogen (secondary N) is 1. The first-order chi connectivity index (χ1) is 13.7. The van der Waals surface area contributed by atoms with Crippen LogP contribution in [0.4, 0.5) is 5.69 Å². The van der Waals surface area contributed by atoms with Gasteiger partial charge in [0.1, 0.15) is 11.9 Å². The lowest BCUT2D eigenvalue weighted by molar-refractivity contribution is -0.124. The van der Waals surface area contributed by atoms with Gasteiger partial charge in [0.05, 0.1) is 11.0 Å².